The van der Waals surface area contributed by atoms with Gasteiger partial charge in [-0.15, -0.1) is 11.8 Å². The number of thioether (sulfide) groups is 1. The number of hydrogen-bond acceptors (Lipinski definition) is 3. The van der Waals surface area contributed by atoms with E-state index in [1.807, 2.05) is 63.2 Å². The smallest absolute Gasteiger partial charge is 0.237 e. The SMILES string of the molecule is CC(=O)Nc1ccc(S[C@H](C)C(=O)Nc2cc(C)ccc2C)cc1. The first-order valence-corrected chi connectivity index (χ1v) is 8.65. The van der Waals surface area contributed by atoms with Crippen LogP contribution in [0, 0.1) is 13.8 Å². The third-order valence-corrected chi connectivity index (χ3v) is 4.62. The Kier molecular flexibility index (Phi) is 6.04. The van der Waals surface area contributed by atoms with E-state index < -0.39 is 0 Å². The molecule has 126 valence electrons. The number of nitrogens with one attached hydrogen (secondary N) is 2. The summed E-state index contributed by atoms with van der Waals surface area (Å²) in [5.74, 6) is -0.128. The van der Waals surface area contributed by atoms with Crippen LogP contribution in [0.3, 0.4) is 0 Å². The Bertz CT molecular complexity index is 742. The second-order valence-electron chi connectivity index (χ2n) is 5.77. The van der Waals surface area contributed by atoms with Crippen molar-refractivity contribution < 1.29 is 9.59 Å². The Morgan fingerprint density at radius 1 is 1.00 bits per heavy atom. The molecular formula is C19H22N2O2S. The maximum Gasteiger partial charge on any atom is 0.237 e. The number of hydrogen-bond donors (Lipinski definition) is 2. The summed E-state index contributed by atoms with van der Waals surface area (Å²) in [6.07, 6.45) is 0. The van der Waals surface area contributed by atoms with Gasteiger partial charge in [0.25, 0.3) is 0 Å². The van der Waals surface area contributed by atoms with Crippen molar-refractivity contribution in [3.8, 4) is 0 Å². The van der Waals surface area contributed by atoms with Gasteiger partial charge in [0.05, 0.1) is 5.25 Å². The highest BCUT2D eigenvalue weighted by Crippen LogP contribution is 2.26. The summed E-state index contributed by atoms with van der Waals surface area (Å²) >= 11 is 1.48. The quantitative estimate of drug-likeness (QED) is 0.793. The fourth-order valence-electron chi connectivity index (χ4n) is 2.18. The van der Waals surface area contributed by atoms with Crippen molar-refractivity contribution in [2.75, 3.05) is 10.6 Å². The summed E-state index contributed by atoms with van der Waals surface area (Å²) in [6, 6.07) is 13.5. The average Bonchev–Trinajstić information content (AvgIpc) is 2.52. The molecule has 2 rings (SSSR count). The highest BCUT2D eigenvalue weighted by Gasteiger charge is 2.15. The fourth-order valence-corrected chi connectivity index (χ4v) is 3.05. The fraction of sp³-hybridized carbons (Fsp3) is 0.263. The first-order chi connectivity index (χ1) is 11.3. The predicted octanol–water partition coefficient (Wildman–Crippen LogP) is 4.38. The second-order valence-corrected chi connectivity index (χ2v) is 7.19. The van der Waals surface area contributed by atoms with Gasteiger partial charge >= 0.3 is 0 Å². The predicted molar refractivity (Wildman–Crippen MR) is 101 cm³/mol. The van der Waals surface area contributed by atoms with Gasteiger partial charge < -0.3 is 10.6 Å². The van der Waals surface area contributed by atoms with Crippen LogP contribution in [0.15, 0.2) is 47.4 Å². The molecule has 5 heteroatoms. The van der Waals surface area contributed by atoms with Crippen molar-refractivity contribution in [1.29, 1.82) is 0 Å². The summed E-state index contributed by atoms with van der Waals surface area (Å²) in [5, 5.41) is 5.49. The van der Waals surface area contributed by atoms with Crippen molar-refractivity contribution in [3.63, 3.8) is 0 Å². The molecule has 0 aromatic heterocycles. The van der Waals surface area contributed by atoms with Crippen LogP contribution in [0.2, 0.25) is 0 Å². The molecule has 0 unspecified atom stereocenters. The van der Waals surface area contributed by atoms with Crippen molar-refractivity contribution in [2.45, 2.75) is 37.8 Å². The Labute approximate surface area is 147 Å². The van der Waals surface area contributed by atoms with E-state index >= 15 is 0 Å². The summed E-state index contributed by atoms with van der Waals surface area (Å²) < 4.78 is 0. The molecule has 2 aromatic carbocycles. The maximum atomic E-state index is 12.4. The number of anilines is 2. The lowest BCUT2D eigenvalue weighted by atomic mass is 10.1. The molecule has 2 amide bonds. The lowest BCUT2D eigenvalue weighted by Gasteiger charge is -2.14. The molecule has 4 nitrogen and oxygen atoms in total. The van der Waals surface area contributed by atoms with Crippen molar-refractivity contribution >= 4 is 35.0 Å². The lowest BCUT2D eigenvalue weighted by Crippen LogP contribution is -2.22. The number of benzene rings is 2. The van der Waals surface area contributed by atoms with E-state index in [2.05, 4.69) is 10.6 Å². The molecule has 0 fully saturated rings. The van der Waals surface area contributed by atoms with E-state index in [0.717, 1.165) is 27.4 Å². The molecule has 0 heterocycles. The zero-order chi connectivity index (χ0) is 17.7. The third-order valence-electron chi connectivity index (χ3n) is 3.51. The first kappa shape index (κ1) is 18.1. The zero-order valence-electron chi connectivity index (χ0n) is 14.3. The van der Waals surface area contributed by atoms with E-state index in [0.29, 0.717) is 0 Å². The van der Waals surface area contributed by atoms with Crippen molar-refractivity contribution in [1.82, 2.24) is 0 Å². The van der Waals surface area contributed by atoms with E-state index in [9.17, 15) is 9.59 Å². The van der Waals surface area contributed by atoms with Gasteiger partial charge in [-0.2, -0.15) is 0 Å². The maximum absolute atomic E-state index is 12.4. The van der Waals surface area contributed by atoms with E-state index in [1.165, 1.54) is 18.7 Å². The normalized spacial score (nSPS) is 11.7. The van der Waals surface area contributed by atoms with Gasteiger partial charge in [-0.3, -0.25) is 9.59 Å². The Balaban J connectivity index is 1.98. The van der Waals surface area contributed by atoms with Crippen LogP contribution in [-0.4, -0.2) is 17.1 Å². The minimum atomic E-state index is -0.225. The molecular weight excluding hydrogens is 320 g/mol. The number of carbonyl (C=O) groups is 2. The molecule has 1 atom stereocenters. The van der Waals surface area contributed by atoms with Gasteiger partial charge in [-0.05, 0) is 62.2 Å². The monoisotopic (exact) mass is 342 g/mol. The second kappa shape index (κ2) is 8.02. The van der Waals surface area contributed by atoms with Crippen molar-refractivity contribution in [3.05, 3.63) is 53.6 Å². The zero-order valence-corrected chi connectivity index (χ0v) is 15.2. The molecule has 0 saturated heterocycles. The molecule has 0 aliphatic carbocycles. The van der Waals surface area contributed by atoms with Crippen LogP contribution >= 0.6 is 11.8 Å². The lowest BCUT2D eigenvalue weighted by molar-refractivity contribution is -0.115. The van der Waals surface area contributed by atoms with Crippen LogP contribution in [0.1, 0.15) is 25.0 Å². The summed E-state index contributed by atoms with van der Waals surface area (Å²) in [7, 11) is 0. The molecule has 0 spiro atoms. The van der Waals surface area contributed by atoms with Crippen LogP contribution < -0.4 is 10.6 Å². The first-order valence-electron chi connectivity index (χ1n) is 7.77. The van der Waals surface area contributed by atoms with Crippen LogP contribution in [0.25, 0.3) is 0 Å². The van der Waals surface area contributed by atoms with E-state index in [4.69, 9.17) is 0 Å². The summed E-state index contributed by atoms with van der Waals surface area (Å²) in [6.45, 7) is 7.34. The van der Waals surface area contributed by atoms with Gasteiger partial charge in [0.15, 0.2) is 0 Å². The largest absolute Gasteiger partial charge is 0.326 e. The third kappa shape index (κ3) is 5.13. The van der Waals surface area contributed by atoms with E-state index in [1.54, 1.807) is 0 Å². The Morgan fingerprint density at radius 2 is 1.67 bits per heavy atom. The average molecular weight is 342 g/mol. The summed E-state index contributed by atoms with van der Waals surface area (Å²) in [5.41, 5.74) is 3.77. The Morgan fingerprint density at radius 3 is 2.29 bits per heavy atom. The number of aryl methyl sites for hydroxylation is 2. The number of rotatable bonds is 5. The minimum Gasteiger partial charge on any atom is -0.326 e. The molecule has 0 radical (unpaired) electrons. The Hall–Kier alpha value is -2.27. The minimum absolute atomic E-state index is 0.0281. The highest BCUT2D eigenvalue weighted by atomic mass is 32.2. The standard InChI is InChI=1S/C19H22N2O2S/c1-12-5-6-13(2)18(11-12)21-19(23)14(3)24-17-9-7-16(8-10-17)20-15(4)22/h5-11,14H,1-4H3,(H,20,22)(H,21,23)/t14-/m1/s1. The number of carbonyl (C=O) groups excluding carboxylic acids is 2. The molecule has 0 aliphatic heterocycles. The molecule has 2 aromatic rings. The summed E-state index contributed by atoms with van der Waals surface area (Å²) in [4.78, 5) is 24.4. The van der Waals surface area contributed by atoms with Gasteiger partial charge in [0.1, 0.15) is 0 Å². The molecule has 24 heavy (non-hydrogen) atoms. The molecule has 2 N–H and O–H groups in total. The van der Waals surface area contributed by atoms with Crippen LogP contribution in [0.5, 0.6) is 0 Å². The number of amides is 2. The molecule has 0 saturated carbocycles. The van der Waals surface area contributed by atoms with Crippen LogP contribution in [0.4, 0.5) is 11.4 Å². The molecule has 0 bridgehead atoms. The highest BCUT2D eigenvalue weighted by molar-refractivity contribution is 8.00. The van der Waals surface area contributed by atoms with Gasteiger partial charge in [0, 0.05) is 23.2 Å². The van der Waals surface area contributed by atoms with Gasteiger partial charge in [-0.1, -0.05) is 12.1 Å². The van der Waals surface area contributed by atoms with Gasteiger partial charge in [-0.25, -0.2) is 0 Å². The topological polar surface area (TPSA) is 58.2 Å². The molecule has 0 aliphatic rings. The van der Waals surface area contributed by atoms with Gasteiger partial charge in [0.2, 0.25) is 11.8 Å². The van der Waals surface area contributed by atoms with Crippen molar-refractivity contribution in [2.24, 2.45) is 0 Å². The van der Waals surface area contributed by atoms with E-state index in [-0.39, 0.29) is 17.1 Å². The van der Waals surface area contributed by atoms with Crippen LogP contribution in [-0.2, 0) is 9.59 Å².